The van der Waals surface area contributed by atoms with Crippen LogP contribution in [0, 0.1) is 0 Å². The van der Waals surface area contributed by atoms with Gasteiger partial charge in [-0.2, -0.15) is 26.3 Å². The average Bonchev–Trinajstić information content (AvgIpc) is 3.09. The topological polar surface area (TPSA) is 71.1 Å². The molecule has 0 bridgehead atoms. The van der Waals surface area contributed by atoms with E-state index >= 15 is 0 Å². The molecule has 50 heavy (non-hydrogen) atoms. The minimum atomic E-state index is -5.35. The molecule has 6 rings (SSSR count). The third-order valence-corrected chi connectivity index (χ3v) is 9.19. The normalized spacial score (nSPS) is 18.9. The van der Waals surface area contributed by atoms with Crippen LogP contribution in [0.4, 0.5) is 26.3 Å². The Labute approximate surface area is 282 Å². The number of aryl methyl sites for hydroxylation is 1. The molecule has 0 aromatic heterocycles. The van der Waals surface area contributed by atoms with E-state index in [1.54, 1.807) is 18.2 Å². The number of benzene rings is 5. The van der Waals surface area contributed by atoms with Gasteiger partial charge in [0.1, 0.15) is 6.10 Å². The highest BCUT2D eigenvalue weighted by molar-refractivity contribution is 6.08. The van der Waals surface area contributed by atoms with Crippen LogP contribution in [0.15, 0.2) is 109 Å². The van der Waals surface area contributed by atoms with Crippen molar-refractivity contribution in [3.8, 4) is 0 Å². The second-order valence-corrected chi connectivity index (χ2v) is 11.9. The molecular weight excluding hydrogens is 666 g/mol. The summed E-state index contributed by atoms with van der Waals surface area (Å²) >= 11 is 0. The number of hydrogen-bond donors (Lipinski definition) is 0. The Kier molecular flexibility index (Phi) is 9.12. The van der Waals surface area contributed by atoms with Crippen molar-refractivity contribution in [1.29, 1.82) is 0 Å². The van der Waals surface area contributed by atoms with Crippen molar-refractivity contribution in [2.24, 2.45) is 0 Å². The van der Waals surface area contributed by atoms with E-state index in [2.05, 4.69) is 0 Å². The maximum atomic E-state index is 14.9. The lowest BCUT2D eigenvalue weighted by Crippen LogP contribution is -2.54. The first-order valence-corrected chi connectivity index (χ1v) is 15.5. The van der Waals surface area contributed by atoms with Gasteiger partial charge >= 0.3 is 24.3 Å². The van der Waals surface area contributed by atoms with Crippen LogP contribution in [-0.4, -0.2) is 44.6 Å². The molecule has 0 amide bonds. The molecule has 1 aliphatic rings. The third-order valence-electron chi connectivity index (χ3n) is 9.19. The fourth-order valence-electron chi connectivity index (χ4n) is 6.70. The summed E-state index contributed by atoms with van der Waals surface area (Å²) in [6.45, 7) is 0. The molecule has 0 unspecified atom stereocenters. The SMILES string of the molecule is CO[C@@](C(=O)O[C@@H]1CCc2cc3c(ccc4ccccc43)cc2[C@@H]1OC(=O)[C@](OC)(c1ccccc1)C(F)(F)F)(c1ccccc1)C(F)(F)F. The zero-order valence-corrected chi connectivity index (χ0v) is 26.7. The summed E-state index contributed by atoms with van der Waals surface area (Å²) in [6.07, 6.45) is -14.2. The number of methoxy groups -OCH3 is 2. The van der Waals surface area contributed by atoms with Crippen molar-refractivity contribution < 1.29 is 54.9 Å². The van der Waals surface area contributed by atoms with Gasteiger partial charge in [0.2, 0.25) is 0 Å². The lowest BCUT2D eigenvalue weighted by atomic mass is 9.84. The molecule has 0 N–H and O–H groups in total. The Morgan fingerprint density at radius 1 is 0.600 bits per heavy atom. The second-order valence-electron chi connectivity index (χ2n) is 11.9. The maximum absolute atomic E-state index is 14.9. The Balaban J connectivity index is 1.49. The molecule has 1 aliphatic carbocycles. The van der Waals surface area contributed by atoms with Crippen LogP contribution in [0.3, 0.4) is 0 Å². The predicted molar refractivity (Wildman–Crippen MR) is 171 cm³/mol. The molecule has 0 heterocycles. The zero-order chi connectivity index (χ0) is 35.9. The van der Waals surface area contributed by atoms with E-state index in [1.807, 2.05) is 30.3 Å². The van der Waals surface area contributed by atoms with Crippen molar-refractivity contribution in [2.75, 3.05) is 14.2 Å². The number of fused-ring (bicyclic) bond motifs is 4. The number of esters is 2. The van der Waals surface area contributed by atoms with Gasteiger partial charge in [0.15, 0.2) is 6.10 Å². The first kappa shape index (κ1) is 34.9. The molecule has 0 spiro atoms. The minimum absolute atomic E-state index is 0.130. The van der Waals surface area contributed by atoms with Crippen molar-refractivity contribution in [3.05, 3.63) is 131 Å². The summed E-state index contributed by atoms with van der Waals surface area (Å²) in [4.78, 5) is 27.6. The van der Waals surface area contributed by atoms with Crippen LogP contribution in [0.5, 0.6) is 0 Å². The van der Waals surface area contributed by atoms with Crippen LogP contribution < -0.4 is 0 Å². The monoisotopic (exact) mass is 696 g/mol. The Morgan fingerprint density at radius 2 is 1.10 bits per heavy atom. The van der Waals surface area contributed by atoms with Gasteiger partial charge in [-0.3, -0.25) is 0 Å². The molecule has 260 valence electrons. The molecule has 0 aliphatic heterocycles. The molecule has 4 atom stereocenters. The molecule has 5 aromatic rings. The fourth-order valence-corrected chi connectivity index (χ4v) is 6.70. The fraction of sp³-hybridized carbons (Fsp3) is 0.263. The predicted octanol–water partition coefficient (Wildman–Crippen LogP) is 8.64. The summed E-state index contributed by atoms with van der Waals surface area (Å²) in [5, 5.41) is 3.21. The van der Waals surface area contributed by atoms with Crippen molar-refractivity contribution >= 4 is 33.5 Å². The van der Waals surface area contributed by atoms with E-state index in [-0.39, 0.29) is 18.4 Å². The Hall–Kier alpha value is -4.94. The number of alkyl halides is 6. The summed E-state index contributed by atoms with van der Waals surface area (Å²) < 4.78 is 110. The Morgan fingerprint density at radius 3 is 1.64 bits per heavy atom. The van der Waals surface area contributed by atoms with Crippen LogP contribution in [0.2, 0.25) is 0 Å². The van der Waals surface area contributed by atoms with Gasteiger partial charge < -0.3 is 18.9 Å². The highest BCUT2D eigenvalue weighted by atomic mass is 19.4. The molecule has 6 nitrogen and oxygen atoms in total. The molecular formula is C38H30F6O6. The number of carbonyl (C=O) groups excluding carboxylic acids is 2. The van der Waals surface area contributed by atoms with E-state index in [1.165, 1.54) is 36.4 Å². The highest BCUT2D eigenvalue weighted by Crippen LogP contribution is 2.48. The summed E-state index contributed by atoms with van der Waals surface area (Å²) in [7, 11) is 1.39. The first-order chi connectivity index (χ1) is 23.8. The molecule has 0 saturated carbocycles. The van der Waals surface area contributed by atoms with Gasteiger partial charge in [0.05, 0.1) is 0 Å². The van der Waals surface area contributed by atoms with Gasteiger partial charge in [0, 0.05) is 30.9 Å². The lowest BCUT2D eigenvalue weighted by Gasteiger charge is -2.39. The summed E-state index contributed by atoms with van der Waals surface area (Å²) in [5.74, 6) is -3.77. The van der Waals surface area contributed by atoms with Crippen LogP contribution in [0.1, 0.15) is 34.8 Å². The van der Waals surface area contributed by atoms with Gasteiger partial charge in [0.25, 0.3) is 11.2 Å². The number of rotatable bonds is 8. The molecule has 12 heteroatoms. The number of carbonyl (C=O) groups is 2. The molecule has 0 radical (unpaired) electrons. The minimum Gasteiger partial charge on any atom is -0.455 e. The van der Waals surface area contributed by atoms with Crippen molar-refractivity contribution in [3.63, 3.8) is 0 Å². The van der Waals surface area contributed by atoms with Gasteiger partial charge in [-0.25, -0.2) is 9.59 Å². The van der Waals surface area contributed by atoms with E-state index in [0.29, 0.717) is 25.2 Å². The van der Waals surface area contributed by atoms with Crippen LogP contribution in [0.25, 0.3) is 21.5 Å². The van der Waals surface area contributed by atoms with Crippen LogP contribution in [-0.2, 0) is 46.2 Å². The first-order valence-electron chi connectivity index (χ1n) is 15.5. The van der Waals surface area contributed by atoms with E-state index in [0.717, 1.165) is 40.4 Å². The van der Waals surface area contributed by atoms with Gasteiger partial charge in [-0.15, -0.1) is 0 Å². The molecule has 0 fully saturated rings. The number of halogens is 6. The van der Waals surface area contributed by atoms with E-state index in [4.69, 9.17) is 18.9 Å². The van der Waals surface area contributed by atoms with Crippen molar-refractivity contribution in [1.82, 2.24) is 0 Å². The number of ether oxygens (including phenoxy) is 4. The van der Waals surface area contributed by atoms with E-state index in [9.17, 15) is 35.9 Å². The average molecular weight is 697 g/mol. The zero-order valence-electron chi connectivity index (χ0n) is 26.7. The van der Waals surface area contributed by atoms with E-state index < -0.39 is 58.8 Å². The number of hydrogen-bond acceptors (Lipinski definition) is 6. The highest BCUT2D eigenvalue weighted by Gasteiger charge is 2.66. The molecule has 0 saturated heterocycles. The smallest absolute Gasteiger partial charge is 0.432 e. The standard InChI is InChI=1S/C38H30F6O6/c1-47-35(37(39,40)41,26-12-5-3-6-13-26)33(45)49-31-20-19-25-21-29-24(18-17-23-11-9-10-16-28(23)29)22-30(25)32(31)50-34(46)36(48-2,38(42,43)44)27-14-7-4-8-15-27/h3-18,21-22,31-32H,19-20H2,1-2H3/t31-,32+,35-,36-/m1/s1. The summed E-state index contributed by atoms with van der Waals surface area (Å²) in [6, 6.07) is 26.7. The largest absolute Gasteiger partial charge is 0.455 e. The third kappa shape index (κ3) is 5.66. The van der Waals surface area contributed by atoms with Gasteiger partial charge in [-0.1, -0.05) is 103 Å². The maximum Gasteiger partial charge on any atom is 0.432 e. The Bertz CT molecular complexity index is 2030. The quantitative estimate of drug-likeness (QED) is 0.0920. The molecule has 5 aromatic carbocycles. The second kappa shape index (κ2) is 13.1. The summed E-state index contributed by atoms with van der Waals surface area (Å²) in [5.41, 5.74) is -7.68. The van der Waals surface area contributed by atoms with Crippen molar-refractivity contribution in [2.45, 2.75) is 48.6 Å². The van der Waals surface area contributed by atoms with Gasteiger partial charge in [-0.05, 0) is 46.0 Å². The lowest BCUT2D eigenvalue weighted by molar-refractivity contribution is -0.286. The van der Waals surface area contributed by atoms with Crippen LogP contribution >= 0.6 is 0 Å².